The highest BCUT2D eigenvalue weighted by molar-refractivity contribution is 5.74. The molecule has 1 aliphatic rings. The third-order valence-corrected chi connectivity index (χ3v) is 3.14. The molecule has 2 rings (SSSR count). The van der Waals surface area contributed by atoms with Crippen LogP contribution in [0.15, 0.2) is 24.3 Å². The van der Waals surface area contributed by atoms with E-state index in [9.17, 15) is 4.79 Å². The van der Waals surface area contributed by atoms with E-state index in [0.29, 0.717) is 5.56 Å². The first-order chi connectivity index (χ1) is 8.74. The second kappa shape index (κ2) is 5.41. The lowest BCUT2D eigenvalue weighted by atomic mass is 10.2. The summed E-state index contributed by atoms with van der Waals surface area (Å²) in [4.78, 5) is 15.5. The van der Waals surface area contributed by atoms with Crippen molar-refractivity contribution in [3.63, 3.8) is 0 Å². The van der Waals surface area contributed by atoms with E-state index in [2.05, 4.69) is 16.3 Å². The van der Waals surface area contributed by atoms with Crippen molar-refractivity contribution in [2.75, 3.05) is 38.1 Å². The van der Waals surface area contributed by atoms with Crippen LogP contribution in [0, 0.1) is 11.3 Å². The molecule has 0 aliphatic carbocycles. The number of anilines is 1. The summed E-state index contributed by atoms with van der Waals surface area (Å²) in [6.45, 7) is 3.08. The van der Waals surface area contributed by atoms with Crippen LogP contribution in [0.5, 0.6) is 0 Å². The Morgan fingerprint density at radius 3 is 2.33 bits per heavy atom. The highest BCUT2D eigenvalue weighted by Gasteiger charge is 2.20. The lowest BCUT2D eigenvalue weighted by Gasteiger charge is -2.35. The minimum absolute atomic E-state index is 0.0190. The van der Waals surface area contributed by atoms with E-state index in [-0.39, 0.29) is 6.03 Å². The van der Waals surface area contributed by atoms with Crippen LogP contribution in [0.3, 0.4) is 0 Å². The fourth-order valence-electron chi connectivity index (χ4n) is 2.07. The topological polar surface area (TPSA) is 59.4 Å². The number of rotatable bonds is 1. The molecule has 1 fully saturated rings. The molecule has 1 aromatic carbocycles. The van der Waals surface area contributed by atoms with E-state index >= 15 is 0 Å². The molecule has 5 nitrogen and oxygen atoms in total. The number of hydrogen-bond acceptors (Lipinski definition) is 3. The molecule has 1 aliphatic heterocycles. The van der Waals surface area contributed by atoms with Gasteiger partial charge in [-0.1, -0.05) is 0 Å². The molecule has 1 heterocycles. The lowest BCUT2D eigenvalue weighted by Crippen LogP contribution is -2.51. The Kier molecular flexibility index (Phi) is 3.68. The molecular formula is C13H16N4O. The quantitative estimate of drug-likeness (QED) is 0.802. The maximum absolute atomic E-state index is 11.5. The average molecular weight is 244 g/mol. The zero-order valence-corrected chi connectivity index (χ0v) is 10.4. The summed E-state index contributed by atoms with van der Waals surface area (Å²) in [6.07, 6.45) is 0. The summed E-state index contributed by atoms with van der Waals surface area (Å²) < 4.78 is 0. The van der Waals surface area contributed by atoms with E-state index in [4.69, 9.17) is 5.26 Å². The Morgan fingerprint density at radius 1 is 1.22 bits per heavy atom. The monoisotopic (exact) mass is 244 g/mol. The van der Waals surface area contributed by atoms with Crippen LogP contribution in [0.2, 0.25) is 0 Å². The van der Waals surface area contributed by atoms with Crippen molar-refractivity contribution in [2.45, 2.75) is 0 Å². The standard InChI is InChI=1S/C13H16N4O/c1-15-13(18)17-8-6-16(7-9-17)12-4-2-11(10-14)3-5-12/h2-5H,6-9H2,1H3,(H,15,18). The van der Waals surface area contributed by atoms with Crippen LogP contribution < -0.4 is 10.2 Å². The van der Waals surface area contributed by atoms with Crippen molar-refractivity contribution >= 4 is 11.7 Å². The zero-order chi connectivity index (χ0) is 13.0. The largest absolute Gasteiger partial charge is 0.368 e. The second-order valence-electron chi connectivity index (χ2n) is 4.19. The van der Waals surface area contributed by atoms with Gasteiger partial charge in [-0.25, -0.2) is 4.79 Å². The third kappa shape index (κ3) is 2.54. The zero-order valence-electron chi connectivity index (χ0n) is 10.4. The van der Waals surface area contributed by atoms with Gasteiger partial charge in [-0.15, -0.1) is 0 Å². The summed E-state index contributed by atoms with van der Waals surface area (Å²) in [6, 6.07) is 9.63. The fourth-order valence-corrected chi connectivity index (χ4v) is 2.07. The van der Waals surface area contributed by atoms with Gasteiger partial charge < -0.3 is 15.1 Å². The van der Waals surface area contributed by atoms with E-state index < -0.39 is 0 Å². The van der Waals surface area contributed by atoms with Crippen molar-refractivity contribution in [2.24, 2.45) is 0 Å². The predicted octanol–water partition coefficient (Wildman–Crippen LogP) is 1.02. The lowest BCUT2D eigenvalue weighted by molar-refractivity contribution is 0.196. The highest BCUT2D eigenvalue weighted by Crippen LogP contribution is 2.17. The van der Waals surface area contributed by atoms with Crippen LogP contribution in [-0.2, 0) is 0 Å². The number of urea groups is 1. The number of benzene rings is 1. The minimum atomic E-state index is -0.0190. The third-order valence-electron chi connectivity index (χ3n) is 3.14. The van der Waals surface area contributed by atoms with Crippen LogP contribution in [-0.4, -0.2) is 44.2 Å². The van der Waals surface area contributed by atoms with E-state index in [1.165, 1.54) is 0 Å². The van der Waals surface area contributed by atoms with Crippen molar-refractivity contribution in [3.05, 3.63) is 29.8 Å². The maximum Gasteiger partial charge on any atom is 0.317 e. The molecule has 2 amide bonds. The number of nitrogens with zero attached hydrogens (tertiary/aromatic N) is 3. The molecule has 94 valence electrons. The van der Waals surface area contributed by atoms with Crippen LogP contribution >= 0.6 is 0 Å². The van der Waals surface area contributed by atoms with Gasteiger partial charge in [0.25, 0.3) is 0 Å². The van der Waals surface area contributed by atoms with Crippen molar-refractivity contribution < 1.29 is 4.79 Å². The molecular weight excluding hydrogens is 228 g/mol. The molecule has 0 atom stereocenters. The SMILES string of the molecule is CNC(=O)N1CCN(c2ccc(C#N)cc2)CC1. The first-order valence-electron chi connectivity index (χ1n) is 5.96. The van der Waals surface area contributed by atoms with Gasteiger partial charge in [-0.2, -0.15) is 5.26 Å². The Labute approximate surface area is 107 Å². The first kappa shape index (κ1) is 12.2. The Morgan fingerprint density at radius 2 is 1.83 bits per heavy atom. The number of piperazine rings is 1. The predicted molar refractivity (Wildman–Crippen MR) is 69.4 cm³/mol. The van der Waals surface area contributed by atoms with Crippen LogP contribution in [0.1, 0.15) is 5.56 Å². The fraction of sp³-hybridized carbons (Fsp3) is 0.385. The molecule has 5 heteroatoms. The van der Waals surface area contributed by atoms with Gasteiger partial charge in [0, 0.05) is 38.9 Å². The van der Waals surface area contributed by atoms with E-state index in [1.54, 1.807) is 11.9 Å². The number of carbonyl (C=O) groups excluding carboxylic acids is 1. The van der Waals surface area contributed by atoms with Gasteiger partial charge in [0.15, 0.2) is 0 Å². The molecule has 0 saturated carbocycles. The van der Waals surface area contributed by atoms with Crippen LogP contribution in [0.25, 0.3) is 0 Å². The summed E-state index contributed by atoms with van der Waals surface area (Å²) in [5.41, 5.74) is 1.77. The smallest absolute Gasteiger partial charge is 0.317 e. The summed E-state index contributed by atoms with van der Waals surface area (Å²) in [5, 5.41) is 11.4. The molecule has 0 aromatic heterocycles. The molecule has 0 spiro atoms. The molecule has 18 heavy (non-hydrogen) atoms. The maximum atomic E-state index is 11.5. The minimum Gasteiger partial charge on any atom is -0.368 e. The Balaban J connectivity index is 1.97. The van der Waals surface area contributed by atoms with Gasteiger partial charge in [-0.05, 0) is 24.3 Å². The number of amides is 2. The number of hydrogen-bond donors (Lipinski definition) is 1. The average Bonchev–Trinajstić information content (AvgIpc) is 2.47. The highest BCUT2D eigenvalue weighted by atomic mass is 16.2. The number of nitriles is 1. The first-order valence-corrected chi connectivity index (χ1v) is 5.96. The molecule has 1 saturated heterocycles. The van der Waals surface area contributed by atoms with E-state index in [1.807, 2.05) is 24.3 Å². The van der Waals surface area contributed by atoms with Gasteiger partial charge in [0.05, 0.1) is 11.6 Å². The number of nitrogens with one attached hydrogen (secondary N) is 1. The van der Waals surface area contributed by atoms with Gasteiger partial charge in [-0.3, -0.25) is 0 Å². The molecule has 1 N–H and O–H groups in total. The molecule has 0 radical (unpaired) electrons. The van der Waals surface area contributed by atoms with Gasteiger partial charge in [0.2, 0.25) is 0 Å². The Bertz CT molecular complexity index is 455. The van der Waals surface area contributed by atoms with Gasteiger partial charge in [0.1, 0.15) is 0 Å². The van der Waals surface area contributed by atoms with Gasteiger partial charge >= 0.3 is 6.03 Å². The summed E-state index contributed by atoms with van der Waals surface area (Å²) in [5.74, 6) is 0. The normalized spacial score (nSPS) is 15.1. The summed E-state index contributed by atoms with van der Waals surface area (Å²) in [7, 11) is 1.65. The van der Waals surface area contributed by atoms with Crippen molar-refractivity contribution in [3.8, 4) is 6.07 Å². The Hall–Kier alpha value is -2.22. The van der Waals surface area contributed by atoms with Crippen LogP contribution in [0.4, 0.5) is 10.5 Å². The molecule has 0 unspecified atom stereocenters. The molecule has 0 bridgehead atoms. The number of carbonyl (C=O) groups is 1. The van der Waals surface area contributed by atoms with E-state index in [0.717, 1.165) is 31.9 Å². The van der Waals surface area contributed by atoms with Crippen molar-refractivity contribution in [1.82, 2.24) is 10.2 Å². The van der Waals surface area contributed by atoms with Crippen molar-refractivity contribution in [1.29, 1.82) is 5.26 Å². The molecule has 1 aromatic rings. The summed E-state index contributed by atoms with van der Waals surface area (Å²) >= 11 is 0. The second-order valence-corrected chi connectivity index (χ2v) is 4.19.